The molecular formula is C18H29NO9. The maximum atomic E-state index is 11.7. The van der Waals surface area contributed by atoms with Crippen LogP contribution in [0.25, 0.3) is 0 Å². The summed E-state index contributed by atoms with van der Waals surface area (Å²) in [6.07, 6.45) is -4.33. The molecule has 1 N–H and O–H groups in total. The molecule has 1 heterocycles. The van der Waals surface area contributed by atoms with Crippen molar-refractivity contribution < 1.29 is 42.9 Å². The van der Waals surface area contributed by atoms with Crippen LogP contribution in [-0.2, 0) is 42.9 Å². The third-order valence-electron chi connectivity index (χ3n) is 3.58. The van der Waals surface area contributed by atoms with Crippen molar-refractivity contribution in [1.29, 1.82) is 0 Å². The average Bonchev–Trinajstić information content (AvgIpc) is 2.48. The van der Waals surface area contributed by atoms with E-state index >= 15 is 0 Å². The van der Waals surface area contributed by atoms with Gasteiger partial charge in [-0.1, -0.05) is 0 Å². The van der Waals surface area contributed by atoms with Crippen molar-refractivity contribution in [3.63, 3.8) is 0 Å². The Labute approximate surface area is 164 Å². The van der Waals surface area contributed by atoms with Crippen molar-refractivity contribution in [2.75, 3.05) is 6.61 Å². The fraction of sp³-hybridized carbons (Fsp3) is 0.778. The van der Waals surface area contributed by atoms with E-state index in [2.05, 4.69) is 5.32 Å². The number of hydrogen-bond donors (Lipinski definition) is 1. The molecule has 0 unspecified atom stereocenters. The second-order valence-electron chi connectivity index (χ2n) is 7.52. The normalized spacial score (nSPS) is 27.5. The van der Waals surface area contributed by atoms with Gasteiger partial charge in [0.2, 0.25) is 6.29 Å². The first-order valence-electron chi connectivity index (χ1n) is 8.88. The van der Waals surface area contributed by atoms with Gasteiger partial charge in [-0.3, -0.25) is 19.2 Å². The quantitative estimate of drug-likeness (QED) is 0.493. The molecule has 0 aromatic rings. The first kappa shape index (κ1) is 23.8. The van der Waals surface area contributed by atoms with E-state index in [-0.39, 0.29) is 6.61 Å². The molecule has 0 bridgehead atoms. The molecule has 10 heteroatoms. The lowest BCUT2D eigenvalue weighted by atomic mass is 9.93. The van der Waals surface area contributed by atoms with Crippen molar-refractivity contribution in [3.05, 3.63) is 0 Å². The Morgan fingerprint density at radius 3 is 1.75 bits per heavy atom. The second kappa shape index (κ2) is 9.83. The molecule has 0 spiro atoms. The van der Waals surface area contributed by atoms with Crippen LogP contribution in [0.15, 0.2) is 0 Å². The molecule has 1 rings (SSSR count). The minimum Gasteiger partial charge on any atom is -0.463 e. The Balaban J connectivity index is 3.33. The van der Waals surface area contributed by atoms with Gasteiger partial charge in [0.15, 0.2) is 12.2 Å². The maximum absolute atomic E-state index is 11.7. The highest BCUT2D eigenvalue weighted by molar-refractivity contribution is 5.68. The summed E-state index contributed by atoms with van der Waals surface area (Å²) in [6.45, 7) is 10.1. The summed E-state index contributed by atoms with van der Waals surface area (Å²) >= 11 is 0. The van der Waals surface area contributed by atoms with Gasteiger partial charge in [-0.2, -0.15) is 0 Å². The molecular weight excluding hydrogens is 374 g/mol. The van der Waals surface area contributed by atoms with E-state index in [1.165, 1.54) is 27.7 Å². The smallest absolute Gasteiger partial charge is 0.304 e. The van der Waals surface area contributed by atoms with Crippen molar-refractivity contribution in [2.45, 2.75) is 84.6 Å². The number of carbonyl (C=O) groups is 4. The summed E-state index contributed by atoms with van der Waals surface area (Å²) < 4.78 is 26.8. The minimum absolute atomic E-state index is 0.287. The molecule has 0 radical (unpaired) electrons. The topological polar surface area (TPSA) is 126 Å². The SMILES string of the molecule is CC(=O)OC[C@H]1O[C@@H](OC(C)=O)[C@H](NC(C)(C)C)[C@@H](OC(C)=O)[C@@H]1OC(C)=O. The molecule has 28 heavy (non-hydrogen) atoms. The van der Waals surface area contributed by atoms with E-state index < -0.39 is 60.1 Å². The van der Waals surface area contributed by atoms with Crippen LogP contribution < -0.4 is 5.32 Å². The van der Waals surface area contributed by atoms with Crippen molar-refractivity contribution >= 4 is 23.9 Å². The monoisotopic (exact) mass is 403 g/mol. The molecule has 5 atom stereocenters. The van der Waals surface area contributed by atoms with Crippen LogP contribution in [0.5, 0.6) is 0 Å². The predicted octanol–water partition coefficient (Wildman–Crippen LogP) is 0.458. The zero-order valence-electron chi connectivity index (χ0n) is 17.3. The van der Waals surface area contributed by atoms with Crippen molar-refractivity contribution in [2.24, 2.45) is 0 Å². The summed E-state index contributed by atoms with van der Waals surface area (Å²) in [5.41, 5.74) is -0.492. The van der Waals surface area contributed by atoms with Crippen LogP contribution in [-0.4, -0.2) is 66.7 Å². The lowest BCUT2D eigenvalue weighted by Crippen LogP contribution is -2.68. The molecule has 0 aromatic carbocycles. The van der Waals surface area contributed by atoms with Gasteiger partial charge in [0.05, 0.1) is 0 Å². The second-order valence-corrected chi connectivity index (χ2v) is 7.52. The van der Waals surface area contributed by atoms with Crippen LogP contribution in [0.2, 0.25) is 0 Å². The molecule has 0 aliphatic carbocycles. The highest BCUT2D eigenvalue weighted by atomic mass is 16.7. The Morgan fingerprint density at radius 2 is 1.32 bits per heavy atom. The molecule has 1 aliphatic rings. The molecule has 0 saturated carbocycles. The third kappa shape index (κ3) is 7.81. The summed E-state index contributed by atoms with van der Waals surface area (Å²) in [6, 6.07) is -0.842. The van der Waals surface area contributed by atoms with Gasteiger partial charge in [0.25, 0.3) is 0 Å². The molecule has 10 nitrogen and oxygen atoms in total. The summed E-state index contributed by atoms with van der Waals surface area (Å²) in [5.74, 6) is -2.46. The largest absolute Gasteiger partial charge is 0.463 e. The average molecular weight is 403 g/mol. The van der Waals surface area contributed by atoms with E-state index in [0.29, 0.717) is 0 Å². The van der Waals surface area contributed by atoms with Gasteiger partial charge < -0.3 is 29.0 Å². The predicted molar refractivity (Wildman–Crippen MR) is 94.8 cm³/mol. The first-order valence-corrected chi connectivity index (χ1v) is 8.88. The third-order valence-corrected chi connectivity index (χ3v) is 3.58. The van der Waals surface area contributed by atoms with Crippen LogP contribution in [0.1, 0.15) is 48.5 Å². The zero-order chi connectivity index (χ0) is 21.6. The van der Waals surface area contributed by atoms with Gasteiger partial charge in [0, 0.05) is 33.2 Å². The number of nitrogens with one attached hydrogen (secondary N) is 1. The van der Waals surface area contributed by atoms with E-state index in [4.69, 9.17) is 23.7 Å². The number of esters is 4. The van der Waals surface area contributed by atoms with Crippen molar-refractivity contribution in [1.82, 2.24) is 5.32 Å². The molecule has 1 saturated heterocycles. The molecule has 0 aromatic heterocycles. The standard InChI is InChI=1S/C18H29NO9/c1-9(20)24-8-13-15(25-10(2)21)16(26-11(3)22)14(19-18(5,6)7)17(28-13)27-12(4)23/h13-17,19H,8H2,1-7H3/t13-,14-,15-,16-,17-/m1/s1. The first-order chi connectivity index (χ1) is 12.8. The van der Waals surface area contributed by atoms with E-state index in [1.54, 1.807) is 0 Å². The molecule has 1 fully saturated rings. The van der Waals surface area contributed by atoms with E-state index in [9.17, 15) is 19.2 Å². The molecule has 0 amide bonds. The molecule has 160 valence electrons. The zero-order valence-corrected chi connectivity index (χ0v) is 17.3. The Bertz CT molecular complexity index is 598. The van der Waals surface area contributed by atoms with Gasteiger partial charge in [0.1, 0.15) is 18.8 Å². The molecule has 1 aliphatic heterocycles. The highest BCUT2D eigenvalue weighted by Crippen LogP contribution is 2.29. The Morgan fingerprint density at radius 1 is 0.821 bits per heavy atom. The van der Waals surface area contributed by atoms with Crippen molar-refractivity contribution in [3.8, 4) is 0 Å². The fourth-order valence-corrected chi connectivity index (χ4v) is 2.82. The number of hydrogen-bond acceptors (Lipinski definition) is 10. The van der Waals surface area contributed by atoms with Gasteiger partial charge in [-0.25, -0.2) is 0 Å². The van der Waals surface area contributed by atoms with Crippen LogP contribution >= 0.6 is 0 Å². The van der Waals surface area contributed by atoms with E-state index in [0.717, 1.165) is 0 Å². The van der Waals surface area contributed by atoms with E-state index in [1.807, 2.05) is 20.8 Å². The van der Waals surface area contributed by atoms with Gasteiger partial charge >= 0.3 is 23.9 Å². The number of ether oxygens (including phenoxy) is 5. The van der Waals surface area contributed by atoms with Crippen LogP contribution in [0.3, 0.4) is 0 Å². The van der Waals surface area contributed by atoms with Crippen LogP contribution in [0, 0.1) is 0 Å². The summed E-state index contributed by atoms with van der Waals surface area (Å²) in [7, 11) is 0. The Hall–Kier alpha value is -2.20. The number of rotatable bonds is 6. The Kier molecular flexibility index (Phi) is 8.37. The maximum Gasteiger partial charge on any atom is 0.304 e. The fourth-order valence-electron chi connectivity index (χ4n) is 2.82. The van der Waals surface area contributed by atoms with Gasteiger partial charge in [-0.05, 0) is 20.8 Å². The lowest BCUT2D eigenvalue weighted by molar-refractivity contribution is -0.273. The van der Waals surface area contributed by atoms with Gasteiger partial charge in [-0.15, -0.1) is 0 Å². The number of carbonyl (C=O) groups excluding carboxylic acids is 4. The lowest BCUT2D eigenvalue weighted by Gasteiger charge is -2.46. The minimum atomic E-state index is -1.17. The summed E-state index contributed by atoms with van der Waals surface area (Å²) in [4.78, 5) is 46.2. The highest BCUT2D eigenvalue weighted by Gasteiger charge is 2.52. The summed E-state index contributed by atoms with van der Waals surface area (Å²) in [5, 5.41) is 3.18. The van der Waals surface area contributed by atoms with Crippen LogP contribution in [0.4, 0.5) is 0 Å².